The Morgan fingerprint density at radius 2 is 2.22 bits per heavy atom. The molecule has 1 amide bonds. The molecule has 102 valence electrons. The van der Waals surface area contributed by atoms with Crippen LogP contribution >= 0.6 is 11.3 Å². The number of thiazole rings is 1. The summed E-state index contributed by atoms with van der Waals surface area (Å²) in [7, 11) is 0. The van der Waals surface area contributed by atoms with Crippen LogP contribution in [0.3, 0.4) is 0 Å². The van der Waals surface area contributed by atoms with Gasteiger partial charge in [-0.05, 0) is 19.6 Å². The number of nitrogens with zero attached hydrogens (tertiary/aromatic N) is 2. The molecule has 3 N–H and O–H groups in total. The Balaban J connectivity index is 2.35. The number of hydrogen-bond acceptors (Lipinski definition) is 5. The third-order valence-corrected chi connectivity index (χ3v) is 3.66. The van der Waals surface area contributed by atoms with Gasteiger partial charge in [-0.2, -0.15) is 0 Å². The van der Waals surface area contributed by atoms with Crippen molar-refractivity contribution < 1.29 is 4.79 Å². The highest BCUT2D eigenvalue weighted by atomic mass is 32.1. The molecule has 0 fully saturated rings. The minimum absolute atomic E-state index is 0.0957. The summed E-state index contributed by atoms with van der Waals surface area (Å²) in [4.78, 5) is 18.3. The van der Waals surface area contributed by atoms with Gasteiger partial charge in [0, 0.05) is 24.9 Å². The molecule has 1 aromatic heterocycles. The second kappa shape index (κ2) is 8.18. The van der Waals surface area contributed by atoms with Crippen LogP contribution in [0.15, 0.2) is 5.38 Å². The number of amides is 1. The average molecular weight is 270 g/mol. The third kappa shape index (κ3) is 4.72. The van der Waals surface area contributed by atoms with Crippen molar-refractivity contribution in [2.24, 2.45) is 5.73 Å². The van der Waals surface area contributed by atoms with Gasteiger partial charge in [0.05, 0.1) is 5.01 Å². The van der Waals surface area contributed by atoms with Gasteiger partial charge in [0.1, 0.15) is 5.69 Å². The van der Waals surface area contributed by atoms with Crippen molar-refractivity contribution in [2.45, 2.75) is 20.3 Å². The van der Waals surface area contributed by atoms with E-state index >= 15 is 0 Å². The van der Waals surface area contributed by atoms with Crippen LogP contribution in [-0.4, -0.2) is 48.5 Å². The Bertz CT molecular complexity index is 363. The Morgan fingerprint density at radius 1 is 1.50 bits per heavy atom. The highest BCUT2D eigenvalue weighted by Crippen LogP contribution is 2.09. The van der Waals surface area contributed by atoms with E-state index in [9.17, 15) is 4.79 Å². The fraction of sp³-hybridized carbons (Fsp3) is 0.667. The first-order valence-electron chi connectivity index (χ1n) is 6.36. The first-order chi connectivity index (χ1) is 8.71. The highest BCUT2D eigenvalue weighted by molar-refractivity contribution is 7.09. The van der Waals surface area contributed by atoms with Gasteiger partial charge in [-0.15, -0.1) is 11.3 Å². The van der Waals surface area contributed by atoms with Crippen LogP contribution < -0.4 is 11.1 Å². The van der Waals surface area contributed by atoms with Crippen molar-refractivity contribution in [1.82, 2.24) is 15.2 Å². The van der Waals surface area contributed by atoms with Crippen LogP contribution in [0.4, 0.5) is 0 Å². The summed E-state index contributed by atoms with van der Waals surface area (Å²) < 4.78 is 0. The number of hydrogen-bond donors (Lipinski definition) is 2. The van der Waals surface area contributed by atoms with Gasteiger partial charge < -0.3 is 16.0 Å². The number of aromatic nitrogens is 1. The third-order valence-electron chi connectivity index (χ3n) is 2.75. The normalized spacial score (nSPS) is 10.9. The van der Waals surface area contributed by atoms with E-state index in [0.717, 1.165) is 31.1 Å². The van der Waals surface area contributed by atoms with Crippen LogP contribution in [0.2, 0.25) is 0 Å². The van der Waals surface area contributed by atoms with Crippen molar-refractivity contribution in [3.05, 3.63) is 16.1 Å². The first kappa shape index (κ1) is 15.1. The lowest BCUT2D eigenvalue weighted by molar-refractivity contribution is 0.0944. The molecular formula is C12H22N4OS. The zero-order valence-corrected chi connectivity index (χ0v) is 11.9. The van der Waals surface area contributed by atoms with E-state index in [1.165, 1.54) is 11.3 Å². The fourth-order valence-electron chi connectivity index (χ4n) is 1.61. The molecule has 0 atom stereocenters. The van der Waals surface area contributed by atoms with E-state index in [4.69, 9.17) is 5.73 Å². The molecule has 0 saturated heterocycles. The molecule has 0 bridgehead atoms. The molecule has 1 heterocycles. The summed E-state index contributed by atoms with van der Waals surface area (Å²) in [6.45, 7) is 8.34. The summed E-state index contributed by atoms with van der Waals surface area (Å²) in [5, 5.41) is 5.60. The van der Waals surface area contributed by atoms with Crippen LogP contribution in [0.5, 0.6) is 0 Å². The summed E-state index contributed by atoms with van der Waals surface area (Å²) in [5.41, 5.74) is 5.95. The minimum Gasteiger partial charge on any atom is -0.349 e. The molecule has 0 spiro atoms. The first-order valence-corrected chi connectivity index (χ1v) is 7.24. The average Bonchev–Trinajstić information content (AvgIpc) is 2.83. The maximum absolute atomic E-state index is 11.8. The van der Waals surface area contributed by atoms with E-state index < -0.39 is 0 Å². The second-order valence-electron chi connectivity index (χ2n) is 3.95. The highest BCUT2D eigenvalue weighted by Gasteiger charge is 2.10. The van der Waals surface area contributed by atoms with E-state index in [1.807, 2.05) is 0 Å². The molecule has 5 nitrogen and oxygen atoms in total. The second-order valence-corrected chi connectivity index (χ2v) is 4.89. The fourth-order valence-corrected chi connectivity index (χ4v) is 2.41. The van der Waals surface area contributed by atoms with Crippen LogP contribution in [0.25, 0.3) is 0 Å². The number of carbonyl (C=O) groups is 1. The van der Waals surface area contributed by atoms with Gasteiger partial charge in [0.15, 0.2) is 0 Å². The summed E-state index contributed by atoms with van der Waals surface area (Å²) >= 11 is 1.49. The minimum atomic E-state index is -0.0957. The molecule has 0 aliphatic rings. The number of nitrogens with two attached hydrogens (primary N) is 1. The molecule has 0 aliphatic carbocycles. The van der Waals surface area contributed by atoms with E-state index in [0.29, 0.717) is 18.8 Å². The maximum atomic E-state index is 11.8. The maximum Gasteiger partial charge on any atom is 0.270 e. The number of likely N-dealkylation sites (N-methyl/N-ethyl adjacent to an activating group) is 1. The van der Waals surface area contributed by atoms with Gasteiger partial charge >= 0.3 is 0 Å². The molecule has 6 heteroatoms. The molecular weight excluding hydrogens is 248 g/mol. The topological polar surface area (TPSA) is 71.2 Å². The lowest BCUT2D eigenvalue weighted by atomic mass is 10.4. The van der Waals surface area contributed by atoms with Crippen LogP contribution in [0.1, 0.15) is 29.3 Å². The molecule has 1 aromatic rings. The Labute approximate surface area is 112 Å². The number of nitrogens with one attached hydrogen (secondary N) is 1. The van der Waals surface area contributed by atoms with Gasteiger partial charge in [-0.3, -0.25) is 4.79 Å². The Hall–Kier alpha value is -0.980. The van der Waals surface area contributed by atoms with E-state index in [2.05, 4.69) is 29.0 Å². The quantitative estimate of drug-likeness (QED) is 0.730. The van der Waals surface area contributed by atoms with Gasteiger partial charge in [-0.25, -0.2) is 4.98 Å². The standard InChI is InChI=1S/C12H22N4OS/c1-3-16(4-2)8-7-14-12(17)10-9-18-11(15-10)5-6-13/h9H,3-8,13H2,1-2H3,(H,14,17). The number of rotatable bonds is 8. The van der Waals surface area contributed by atoms with Crippen molar-refractivity contribution >= 4 is 17.2 Å². The molecule has 1 rings (SSSR count). The molecule has 0 aromatic carbocycles. The van der Waals surface area contributed by atoms with Gasteiger partial charge in [0.2, 0.25) is 0 Å². The SMILES string of the molecule is CCN(CC)CCNC(=O)c1csc(CCN)n1. The molecule has 0 aliphatic heterocycles. The Kier molecular flexibility index (Phi) is 6.85. The molecule has 0 saturated carbocycles. The van der Waals surface area contributed by atoms with E-state index in [-0.39, 0.29) is 5.91 Å². The van der Waals surface area contributed by atoms with Crippen molar-refractivity contribution in [3.63, 3.8) is 0 Å². The largest absolute Gasteiger partial charge is 0.349 e. The molecule has 0 unspecified atom stereocenters. The van der Waals surface area contributed by atoms with Gasteiger partial charge in [-0.1, -0.05) is 13.8 Å². The summed E-state index contributed by atoms with van der Waals surface area (Å²) in [6.07, 6.45) is 0.734. The van der Waals surface area contributed by atoms with Gasteiger partial charge in [0.25, 0.3) is 5.91 Å². The summed E-state index contributed by atoms with van der Waals surface area (Å²) in [5.74, 6) is -0.0957. The van der Waals surface area contributed by atoms with Crippen molar-refractivity contribution in [1.29, 1.82) is 0 Å². The van der Waals surface area contributed by atoms with Crippen molar-refractivity contribution in [3.8, 4) is 0 Å². The molecule has 18 heavy (non-hydrogen) atoms. The number of carbonyl (C=O) groups excluding carboxylic acids is 1. The zero-order valence-electron chi connectivity index (χ0n) is 11.1. The Morgan fingerprint density at radius 3 is 2.83 bits per heavy atom. The van der Waals surface area contributed by atoms with E-state index in [1.54, 1.807) is 5.38 Å². The predicted molar refractivity (Wildman–Crippen MR) is 75.0 cm³/mol. The van der Waals surface area contributed by atoms with Crippen LogP contribution in [0, 0.1) is 0 Å². The smallest absolute Gasteiger partial charge is 0.270 e. The summed E-state index contributed by atoms with van der Waals surface area (Å²) in [6, 6.07) is 0. The van der Waals surface area contributed by atoms with Crippen molar-refractivity contribution in [2.75, 3.05) is 32.7 Å². The lowest BCUT2D eigenvalue weighted by Crippen LogP contribution is -2.34. The molecule has 0 radical (unpaired) electrons. The predicted octanol–water partition coefficient (Wildman–Crippen LogP) is 0.716. The zero-order chi connectivity index (χ0) is 13.4. The van der Waals surface area contributed by atoms with Crippen LogP contribution in [-0.2, 0) is 6.42 Å². The lowest BCUT2D eigenvalue weighted by Gasteiger charge is -2.17. The monoisotopic (exact) mass is 270 g/mol.